The summed E-state index contributed by atoms with van der Waals surface area (Å²) in [7, 11) is 0. The minimum atomic E-state index is -0.887. The second-order valence-corrected chi connectivity index (χ2v) is 5.73. The number of Topliss-reactive ketones (excluding diaryl/α,β-unsaturated/α-hetero) is 1. The second-order valence-electron chi connectivity index (χ2n) is 5.73. The molecule has 1 N–H and O–H groups in total. The largest absolute Gasteiger partial charge is 0.493 e. The maximum Gasteiger partial charge on any atom is 0.307 e. The summed E-state index contributed by atoms with van der Waals surface area (Å²) in [6.45, 7) is 0.599. The van der Waals surface area contributed by atoms with Crippen LogP contribution >= 0.6 is 0 Å². The normalized spacial score (nSPS) is 25.1. The van der Waals surface area contributed by atoms with E-state index in [9.17, 15) is 9.59 Å². The molecule has 0 saturated heterocycles. The molecule has 1 saturated carbocycles. The highest BCUT2D eigenvalue weighted by molar-refractivity contribution is 6.01. The fourth-order valence-corrected chi connectivity index (χ4v) is 3.33. The Morgan fingerprint density at radius 3 is 2.90 bits per heavy atom. The van der Waals surface area contributed by atoms with Crippen LogP contribution in [0.15, 0.2) is 18.2 Å². The summed E-state index contributed by atoms with van der Waals surface area (Å²) >= 11 is 0. The first-order valence-electron chi connectivity index (χ1n) is 7.17. The zero-order valence-electron chi connectivity index (χ0n) is 11.3. The maximum absolute atomic E-state index is 12.7. The monoisotopic (exact) mass is 274 g/mol. The van der Waals surface area contributed by atoms with Crippen molar-refractivity contribution >= 4 is 11.8 Å². The number of hydrogen-bond acceptors (Lipinski definition) is 3. The van der Waals surface area contributed by atoms with Gasteiger partial charge >= 0.3 is 5.97 Å². The molecule has 1 heterocycles. The van der Waals surface area contributed by atoms with Gasteiger partial charge in [-0.25, -0.2) is 0 Å². The SMILES string of the molecule is O=C(O)Cc1ccc2c(c1)C(=O)[C@@H]1CCCC[C@@H]1CO2. The first kappa shape index (κ1) is 13.2. The van der Waals surface area contributed by atoms with Crippen molar-refractivity contribution in [3.05, 3.63) is 29.3 Å². The van der Waals surface area contributed by atoms with Crippen molar-refractivity contribution in [1.82, 2.24) is 0 Å². The number of rotatable bonds is 2. The number of ether oxygens (including phenoxy) is 1. The summed E-state index contributed by atoms with van der Waals surface area (Å²) in [5, 5.41) is 8.86. The Morgan fingerprint density at radius 1 is 1.30 bits per heavy atom. The third kappa shape index (κ3) is 2.42. The van der Waals surface area contributed by atoms with Gasteiger partial charge in [0.15, 0.2) is 5.78 Å². The van der Waals surface area contributed by atoms with Crippen molar-refractivity contribution < 1.29 is 19.4 Å². The first-order chi connectivity index (χ1) is 9.65. The van der Waals surface area contributed by atoms with Crippen molar-refractivity contribution in [2.75, 3.05) is 6.61 Å². The molecule has 0 bridgehead atoms. The molecular formula is C16H18O4. The van der Waals surface area contributed by atoms with Crippen molar-refractivity contribution in [3.63, 3.8) is 0 Å². The number of fused-ring (bicyclic) bond motifs is 2. The second kappa shape index (κ2) is 5.27. The highest BCUT2D eigenvalue weighted by Crippen LogP contribution is 2.38. The number of aliphatic carboxylic acids is 1. The van der Waals surface area contributed by atoms with Crippen molar-refractivity contribution in [1.29, 1.82) is 0 Å². The molecule has 1 fully saturated rings. The van der Waals surface area contributed by atoms with E-state index < -0.39 is 5.97 Å². The van der Waals surface area contributed by atoms with E-state index in [1.807, 2.05) is 0 Å². The fourth-order valence-electron chi connectivity index (χ4n) is 3.33. The number of ketones is 1. The summed E-state index contributed by atoms with van der Waals surface area (Å²) < 4.78 is 5.78. The summed E-state index contributed by atoms with van der Waals surface area (Å²) in [6, 6.07) is 5.17. The van der Waals surface area contributed by atoms with Crippen LogP contribution in [0, 0.1) is 11.8 Å². The molecule has 2 atom stereocenters. The Bertz CT molecular complexity index is 549. The van der Waals surface area contributed by atoms with Crippen LogP contribution in [0.2, 0.25) is 0 Å². The zero-order chi connectivity index (χ0) is 14.1. The Morgan fingerprint density at radius 2 is 2.10 bits per heavy atom. The van der Waals surface area contributed by atoms with Gasteiger partial charge in [-0.3, -0.25) is 9.59 Å². The average Bonchev–Trinajstić information content (AvgIpc) is 2.57. The maximum atomic E-state index is 12.7. The predicted octanol–water partition coefficient (Wildman–Crippen LogP) is 2.70. The van der Waals surface area contributed by atoms with E-state index >= 15 is 0 Å². The first-order valence-corrected chi connectivity index (χ1v) is 7.17. The minimum absolute atomic E-state index is 0.0464. The fraction of sp³-hybridized carbons (Fsp3) is 0.500. The highest BCUT2D eigenvalue weighted by atomic mass is 16.5. The molecule has 1 aromatic rings. The molecule has 0 radical (unpaired) electrons. The Labute approximate surface area is 117 Å². The molecule has 106 valence electrons. The summed E-state index contributed by atoms with van der Waals surface area (Å²) in [5.41, 5.74) is 1.22. The molecule has 1 aliphatic carbocycles. The van der Waals surface area contributed by atoms with E-state index in [0.717, 1.165) is 19.3 Å². The lowest BCUT2D eigenvalue weighted by molar-refractivity contribution is -0.136. The molecule has 4 nitrogen and oxygen atoms in total. The van der Waals surface area contributed by atoms with Crippen LogP contribution in [0.3, 0.4) is 0 Å². The van der Waals surface area contributed by atoms with Crippen molar-refractivity contribution in [3.8, 4) is 5.75 Å². The Balaban J connectivity index is 1.94. The lowest BCUT2D eigenvalue weighted by Gasteiger charge is -2.27. The van der Waals surface area contributed by atoms with Crippen LogP contribution in [0.25, 0.3) is 0 Å². The van der Waals surface area contributed by atoms with E-state index in [4.69, 9.17) is 9.84 Å². The predicted molar refractivity (Wildman–Crippen MR) is 73.1 cm³/mol. The molecular weight excluding hydrogens is 256 g/mol. The van der Waals surface area contributed by atoms with E-state index in [1.165, 1.54) is 6.42 Å². The Hall–Kier alpha value is -1.84. The van der Waals surface area contributed by atoms with Gasteiger partial charge in [-0.1, -0.05) is 18.9 Å². The van der Waals surface area contributed by atoms with Crippen LogP contribution in [0.4, 0.5) is 0 Å². The number of benzene rings is 1. The molecule has 4 heteroatoms. The van der Waals surface area contributed by atoms with E-state index in [1.54, 1.807) is 18.2 Å². The summed E-state index contributed by atoms with van der Waals surface area (Å²) in [6.07, 6.45) is 4.17. The smallest absolute Gasteiger partial charge is 0.307 e. The lowest BCUT2D eigenvalue weighted by Crippen LogP contribution is -2.28. The van der Waals surface area contributed by atoms with E-state index in [0.29, 0.717) is 29.4 Å². The topological polar surface area (TPSA) is 63.6 Å². The van der Waals surface area contributed by atoms with Gasteiger partial charge in [0.25, 0.3) is 0 Å². The van der Waals surface area contributed by atoms with E-state index in [2.05, 4.69) is 0 Å². The third-order valence-electron chi connectivity index (χ3n) is 4.36. The highest BCUT2D eigenvalue weighted by Gasteiger charge is 2.35. The number of carbonyl (C=O) groups is 2. The van der Waals surface area contributed by atoms with Crippen LogP contribution < -0.4 is 4.74 Å². The van der Waals surface area contributed by atoms with Gasteiger partial charge in [-0.15, -0.1) is 0 Å². The molecule has 0 spiro atoms. The van der Waals surface area contributed by atoms with Crippen LogP contribution in [-0.2, 0) is 11.2 Å². The quantitative estimate of drug-likeness (QED) is 0.900. The van der Waals surface area contributed by atoms with Crippen LogP contribution in [-0.4, -0.2) is 23.5 Å². The molecule has 1 aliphatic heterocycles. The molecule has 0 unspecified atom stereocenters. The third-order valence-corrected chi connectivity index (χ3v) is 4.36. The van der Waals surface area contributed by atoms with Gasteiger partial charge in [-0.05, 0) is 30.5 Å². The average molecular weight is 274 g/mol. The molecule has 0 aromatic heterocycles. The van der Waals surface area contributed by atoms with Crippen molar-refractivity contribution in [2.45, 2.75) is 32.1 Å². The lowest BCUT2D eigenvalue weighted by atomic mass is 9.76. The van der Waals surface area contributed by atoms with Gasteiger partial charge in [-0.2, -0.15) is 0 Å². The Kier molecular flexibility index (Phi) is 3.47. The standard InChI is InChI=1S/C16H18O4/c17-15(18)8-10-5-6-14-13(7-10)16(19)12-4-2-1-3-11(12)9-20-14/h5-7,11-12H,1-4,8-9H2,(H,17,18)/t11-,12-/m1/s1. The van der Waals surface area contributed by atoms with Gasteiger partial charge in [0.2, 0.25) is 0 Å². The molecule has 2 aliphatic rings. The number of carbonyl (C=O) groups excluding carboxylic acids is 1. The summed E-state index contributed by atoms with van der Waals surface area (Å²) in [5.74, 6) is 0.215. The number of carboxylic acids is 1. The summed E-state index contributed by atoms with van der Waals surface area (Å²) in [4.78, 5) is 23.5. The molecule has 20 heavy (non-hydrogen) atoms. The number of hydrogen-bond donors (Lipinski definition) is 1. The zero-order valence-corrected chi connectivity index (χ0v) is 11.3. The molecule has 0 amide bonds. The van der Waals surface area contributed by atoms with Crippen molar-refractivity contribution in [2.24, 2.45) is 11.8 Å². The van der Waals surface area contributed by atoms with E-state index in [-0.39, 0.29) is 18.1 Å². The molecule has 3 rings (SSSR count). The van der Waals surface area contributed by atoms with Gasteiger partial charge in [0.05, 0.1) is 18.6 Å². The minimum Gasteiger partial charge on any atom is -0.493 e. The van der Waals surface area contributed by atoms with Crippen LogP contribution in [0.5, 0.6) is 5.75 Å². The van der Waals surface area contributed by atoms with Crippen LogP contribution in [0.1, 0.15) is 41.6 Å². The van der Waals surface area contributed by atoms with Gasteiger partial charge in [0.1, 0.15) is 5.75 Å². The van der Waals surface area contributed by atoms with Gasteiger partial charge in [0, 0.05) is 11.8 Å². The van der Waals surface area contributed by atoms with Gasteiger partial charge < -0.3 is 9.84 Å². The number of carboxylic acid groups (broad SMARTS) is 1. The molecule has 1 aromatic carbocycles.